The van der Waals surface area contributed by atoms with E-state index < -0.39 is 0 Å². The number of hydrogen-bond acceptors (Lipinski definition) is 7. The number of rotatable bonds is 13. The van der Waals surface area contributed by atoms with Crippen LogP contribution in [0.15, 0.2) is 122 Å². The topological polar surface area (TPSA) is 77.0 Å². The summed E-state index contributed by atoms with van der Waals surface area (Å²) >= 11 is 12.9. The summed E-state index contributed by atoms with van der Waals surface area (Å²) in [4.78, 5) is 26.1. The third kappa shape index (κ3) is 10.8. The molecule has 0 atom stereocenters. The van der Waals surface area contributed by atoms with Gasteiger partial charge in [-0.3, -0.25) is 14.7 Å². The molecule has 1 saturated heterocycles. The molecular formula is C44H41Cl3N4O4. The van der Waals surface area contributed by atoms with E-state index in [-0.39, 0.29) is 18.3 Å². The standard InChI is InChI=1S/C44H40Cl2N4O4.ClH/c1-31-25-34(26-40(46)44(31)54-42-16-14-38(28-48-42)53-30-36-5-2-3-7-39(36)45)12-17-43(51)50-22-20-49(21-23-50)29-33-10-8-32(9-11-33)18-24-52-37-13-15-41-35(27-37)6-4-19-47-41;/h2-17,19,25-28H,18,20-24,29-30H2,1H3;1H. The average Bonchev–Trinajstić information content (AvgIpc) is 3.19. The number of pyridine rings is 2. The first-order valence-corrected chi connectivity index (χ1v) is 18.7. The van der Waals surface area contributed by atoms with E-state index in [1.165, 1.54) is 11.1 Å². The molecule has 0 N–H and O–H groups in total. The number of piperazine rings is 1. The van der Waals surface area contributed by atoms with Gasteiger partial charge in [-0.2, -0.15) is 0 Å². The van der Waals surface area contributed by atoms with E-state index in [9.17, 15) is 4.79 Å². The van der Waals surface area contributed by atoms with Crippen molar-refractivity contribution in [2.24, 2.45) is 0 Å². The molecule has 7 rings (SSSR count). The van der Waals surface area contributed by atoms with Gasteiger partial charge in [-0.1, -0.05) is 71.7 Å². The van der Waals surface area contributed by atoms with Crippen LogP contribution < -0.4 is 14.2 Å². The number of carbonyl (C=O) groups excluding carboxylic acids is 1. The van der Waals surface area contributed by atoms with Crippen LogP contribution in [-0.2, 0) is 24.4 Å². The van der Waals surface area contributed by atoms with E-state index in [2.05, 4.69) is 39.1 Å². The number of hydrogen-bond donors (Lipinski definition) is 0. The Balaban J connectivity index is 0.00000514. The average molecular weight is 796 g/mol. The second kappa shape index (κ2) is 19.0. The fraction of sp³-hybridized carbons (Fsp3) is 0.205. The molecule has 1 aliphatic rings. The highest BCUT2D eigenvalue weighted by Gasteiger charge is 2.20. The van der Waals surface area contributed by atoms with Crippen molar-refractivity contribution in [1.29, 1.82) is 0 Å². The number of carbonyl (C=O) groups is 1. The molecule has 8 nitrogen and oxygen atoms in total. The minimum absolute atomic E-state index is 0. The number of amides is 1. The van der Waals surface area contributed by atoms with Crippen LogP contribution in [0, 0.1) is 6.92 Å². The number of aryl methyl sites for hydroxylation is 1. The van der Waals surface area contributed by atoms with Crippen LogP contribution in [0.2, 0.25) is 10.0 Å². The molecule has 2 aromatic heterocycles. The maximum atomic E-state index is 13.1. The monoisotopic (exact) mass is 794 g/mol. The Morgan fingerprint density at radius 1 is 0.800 bits per heavy atom. The van der Waals surface area contributed by atoms with Gasteiger partial charge in [0, 0.05) is 73.5 Å². The van der Waals surface area contributed by atoms with Gasteiger partial charge in [0.15, 0.2) is 5.75 Å². The first kappa shape index (κ1) is 39.6. The third-order valence-corrected chi connectivity index (χ3v) is 9.93. The molecule has 1 fully saturated rings. The van der Waals surface area contributed by atoms with Crippen molar-refractivity contribution >= 4 is 58.5 Å². The number of aromatic nitrogens is 2. The van der Waals surface area contributed by atoms with E-state index in [1.807, 2.05) is 72.5 Å². The van der Waals surface area contributed by atoms with Gasteiger partial charge in [-0.15, -0.1) is 12.4 Å². The van der Waals surface area contributed by atoms with Crippen molar-refractivity contribution in [3.63, 3.8) is 0 Å². The van der Waals surface area contributed by atoms with Gasteiger partial charge in [0.25, 0.3) is 0 Å². The SMILES string of the molecule is Cc1cc(C=CC(=O)N2CCN(Cc3ccc(CCOc4ccc5ncccc5c4)cc3)CC2)cc(Cl)c1Oc1ccc(OCc2ccccc2Cl)cn1.Cl. The van der Waals surface area contributed by atoms with Crippen LogP contribution in [-0.4, -0.2) is 58.5 Å². The summed E-state index contributed by atoms with van der Waals surface area (Å²) in [7, 11) is 0. The number of ether oxygens (including phenoxy) is 3. The summed E-state index contributed by atoms with van der Waals surface area (Å²) < 4.78 is 17.8. The first-order valence-electron chi connectivity index (χ1n) is 17.9. The molecule has 1 aliphatic heterocycles. The zero-order chi connectivity index (χ0) is 37.3. The second-order valence-electron chi connectivity index (χ2n) is 13.2. The van der Waals surface area contributed by atoms with Gasteiger partial charge in [-0.25, -0.2) is 4.98 Å². The van der Waals surface area contributed by atoms with Crippen molar-refractivity contribution < 1.29 is 19.0 Å². The molecule has 0 saturated carbocycles. The van der Waals surface area contributed by atoms with Crippen LogP contribution in [0.4, 0.5) is 0 Å². The largest absolute Gasteiger partial charge is 0.493 e. The molecule has 1 amide bonds. The van der Waals surface area contributed by atoms with Crippen LogP contribution in [0.25, 0.3) is 17.0 Å². The van der Waals surface area contributed by atoms with Crippen molar-refractivity contribution in [1.82, 2.24) is 19.8 Å². The molecule has 0 spiro atoms. The Morgan fingerprint density at radius 2 is 1.58 bits per heavy atom. The highest BCUT2D eigenvalue weighted by atomic mass is 35.5. The third-order valence-electron chi connectivity index (χ3n) is 9.29. The number of benzene rings is 4. The van der Waals surface area contributed by atoms with Gasteiger partial charge in [-0.05, 0) is 83.8 Å². The lowest BCUT2D eigenvalue weighted by Gasteiger charge is -2.34. The fourth-order valence-electron chi connectivity index (χ4n) is 6.28. The molecule has 11 heteroatoms. The minimum atomic E-state index is -0.0169. The molecule has 0 aliphatic carbocycles. The molecule has 55 heavy (non-hydrogen) atoms. The van der Waals surface area contributed by atoms with E-state index >= 15 is 0 Å². The molecule has 0 radical (unpaired) electrons. The van der Waals surface area contributed by atoms with Gasteiger partial charge in [0.05, 0.1) is 23.3 Å². The number of nitrogens with zero attached hydrogens (tertiary/aromatic N) is 4. The first-order chi connectivity index (χ1) is 26.4. The predicted molar refractivity (Wildman–Crippen MR) is 222 cm³/mol. The lowest BCUT2D eigenvalue weighted by Crippen LogP contribution is -2.47. The minimum Gasteiger partial charge on any atom is -0.493 e. The summed E-state index contributed by atoms with van der Waals surface area (Å²) in [5.74, 6) is 2.33. The van der Waals surface area contributed by atoms with E-state index in [0.29, 0.717) is 53.7 Å². The molecule has 0 bridgehead atoms. The van der Waals surface area contributed by atoms with Gasteiger partial charge < -0.3 is 19.1 Å². The Morgan fingerprint density at radius 3 is 2.35 bits per heavy atom. The molecule has 3 heterocycles. The highest BCUT2D eigenvalue weighted by molar-refractivity contribution is 6.32. The predicted octanol–water partition coefficient (Wildman–Crippen LogP) is 10.0. The quantitative estimate of drug-likeness (QED) is 0.108. The fourth-order valence-corrected chi connectivity index (χ4v) is 6.78. The van der Waals surface area contributed by atoms with E-state index in [4.69, 9.17) is 37.4 Å². The van der Waals surface area contributed by atoms with Crippen LogP contribution in [0.1, 0.15) is 27.8 Å². The summed E-state index contributed by atoms with van der Waals surface area (Å²) in [5, 5.41) is 2.16. The Bertz CT molecular complexity index is 2220. The van der Waals surface area contributed by atoms with Gasteiger partial charge >= 0.3 is 0 Å². The molecule has 282 valence electrons. The normalized spacial score (nSPS) is 13.1. The van der Waals surface area contributed by atoms with Crippen LogP contribution in [0.3, 0.4) is 0 Å². The summed E-state index contributed by atoms with van der Waals surface area (Å²) in [6.45, 7) is 6.68. The second-order valence-corrected chi connectivity index (χ2v) is 14.0. The van der Waals surface area contributed by atoms with Crippen molar-refractivity contribution in [3.8, 4) is 23.1 Å². The van der Waals surface area contributed by atoms with E-state index in [1.54, 1.807) is 42.7 Å². The number of fused-ring (bicyclic) bond motifs is 1. The Labute approximate surface area is 337 Å². The zero-order valence-electron chi connectivity index (χ0n) is 30.4. The molecule has 6 aromatic rings. The summed E-state index contributed by atoms with van der Waals surface area (Å²) in [5.41, 5.74) is 5.99. The van der Waals surface area contributed by atoms with Crippen molar-refractivity contribution in [2.45, 2.75) is 26.5 Å². The summed E-state index contributed by atoms with van der Waals surface area (Å²) in [6, 6.07) is 33.5. The smallest absolute Gasteiger partial charge is 0.246 e. The lowest BCUT2D eigenvalue weighted by molar-refractivity contribution is -0.127. The van der Waals surface area contributed by atoms with Gasteiger partial charge in [0.1, 0.15) is 18.1 Å². The van der Waals surface area contributed by atoms with Crippen molar-refractivity contribution in [3.05, 3.63) is 159 Å². The molecule has 0 unspecified atom stereocenters. The maximum absolute atomic E-state index is 13.1. The molecule has 4 aromatic carbocycles. The highest BCUT2D eigenvalue weighted by Crippen LogP contribution is 2.34. The van der Waals surface area contributed by atoms with Gasteiger partial charge in [0.2, 0.25) is 11.8 Å². The van der Waals surface area contributed by atoms with E-state index in [0.717, 1.165) is 59.4 Å². The summed E-state index contributed by atoms with van der Waals surface area (Å²) in [6.07, 6.45) is 7.64. The molecular weight excluding hydrogens is 755 g/mol. The van der Waals surface area contributed by atoms with Crippen LogP contribution >= 0.6 is 35.6 Å². The lowest BCUT2D eigenvalue weighted by atomic mass is 10.1. The van der Waals surface area contributed by atoms with Crippen LogP contribution in [0.5, 0.6) is 23.1 Å². The Hall–Kier alpha value is -5.12. The maximum Gasteiger partial charge on any atom is 0.246 e. The Kier molecular flexibility index (Phi) is 13.6. The zero-order valence-corrected chi connectivity index (χ0v) is 32.7. The van der Waals surface area contributed by atoms with Crippen molar-refractivity contribution in [2.75, 3.05) is 32.8 Å². The number of halogens is 3.